The van der Waals surface area contributed by atoms with Crippen LogP contribution in [0.5, 0.6) is 0 Å². The fourth-order valence-corrected chi connectivity index (χ4v) is 4.79. The van der Waals surface area contributed by atoms with Crippen molar-refractivity contribution in [2.45, 2.75) is 25.4 Å². The Morgan fingerprint density at radius 2 is 1.76 bits per heavy atom. The van der Waals surface area contributed by atoms with E-state index in [1.54, 1.807) is 31.2 Å². The predicted molar refractivity (Wildman–Crippen MR) is 143 cm³/mol. The third-order valence-electron chi connectivity index (χ3n) is 6.12. The Bertz CT molecular complexity index is 1380. The number of ether oxygens (including phenoxy) is 1. The summed E-state index contributed by atoms with van der Waals surface area (Å²) in [6.07, 6.45) is -5.51. The predicted octanol–water partition coefficient (Wildman–Crippen LogP) is 7.88. The van der Waals surface area contributed by atoms with Gasteiger partial charge in [-0.3, -0.25) is 0 Å². The molecule has 1 unspecified atom stereocenters. The summed E-state index contributed by atoms with van der Waals surface area (Å²) in [6.45, 7) is 3.50. The number of imide groups is 1. The molecule has 0 aromatic heterocycles. The first-order chi connectivity index (χ1) is 18.0. The van der Waals surface area contributed by atoms with E-state index in [1.165, 1.54) is 12.1 Å². The number of hydrogen-bond donors (Lipinski definition) is 0. The maximum absolute atomic E-state index is 13.8. The highest BCUT2D eigenvalue weighted by molar-refractivity contribution is 9.10. The van der Waals surface area contributed by atoms with Crippen LogP contribution in [0.1, 0.15) is 30.5 Å². The van der Waals surface area contributed by atoms with Crippen LogP contribution in [0.15, 0.2) is 82.4 Å². The van der Waals surface area contributed by atoms with E-state index in [2.05, 4.69) is 21.0 Å². The maximum Gasteiger partial charge on any atom is 0.422 e. The third-order valence-corrected chi connectivity index (χ3v) is 6.96. The minimum Gasteiger partial charge on any atom is -0.449 e. The van der Waals surface area contributed by atoms with Crippen LogP contribution in [0.2, 0.25) is 5.02 Å². The van der Waals surface area contributed by atoms with Crippen molar-refractivity contribution in [1.29, 1.82) is 0 Å². The molecule has 1 atom stereocenters. The standard InChI is InChI=1S/C27H22BrClF3N3O3/c1-3-38-25(37)35(20-12-10-19(28)11-13-20)24(36)34-16-26(2,18-7-5-4-6-8-18)23(33-34)17-9-14-21(22(29)15-17)27(30,31)32/h4-15H,3,16H2,1-2H3. The van der Waals surface area contributed by atoms with E-state index in [4.69, 9.17) is 16.3 Å². The second kappa shape index (κ2) is 10.8. The normalized spacial score (nSPS) is 17.2. The Labute approximate surface area is 230 Å². The molecule has 0 N–H and O–H groups in total. The second-order valence-electron chi connectivity index (χ2n) is 8.69. The van der Waals surface area contributed by atoms with Crippen LogP contribution in [0.4, 0.5) is 28.4 Å². The molecule has 3 amide bonds. The number of amides is 3. The van der Waals surface area contributed by atoms with Crippen molar-refractivity contribution in [3.63, 3.8) is 0 Å². The van der Waals surface area contributed by atoms with Gasteiger partial charge in [-0.2, -0.15) is 23.2 Å². The van der Waals surface area contributed by atoms with Crippen LogP contribution in [0, 0.1) is 0 Å². The van der Waals surface area contributed by atoms with Gasteiger partial charge in [-0.25, -0.2) is 14.6 Å². The third kappa shape index (κ3) is 5.42. The molecule has 3 aromatic rings. The average molecular weight is 609 g/mol. The van der Waals surface area contributed by atoms with Gasteiger partial charge in [0.05, 0.1) is 40.6 Å². The molecule has 0 aliphatic carbocycles. The number of rotatable bonds is 4. The zero-order valence-electron chi connectivity index (χ0n) is 20.3. The fourth-order valence-electron chi connectivity index (χ4n) is 4.24. The number of hydrogen-bond acceptors (Lipinski definition) is 4. The summed E-state index contributed by atoms with van der Waals surface area (Å²) in [7, 11) is 0. The molecule has 38 heavy (non-hydrogen) atoms. The van der Waals surface area contributed by atoms with Gasteiger partial charge >= 0.3 is 18.3 Å². The van der Waals surface area contributed by atoms with Crippen LogP contribution in [-0.2, 0) is 16.3 Å². The number of benzene rings is 3. The molecule has 0 bridgehead atoms. The number of anilines is 1. The van der Waals surface area contributed by atoms with Crippen molar-refractivity contribution in [2.24, 2.45) is 5.10 Å². The van der Waals surface area contributed by atoms with Gasteiger partial charge in [0.2, 0.25) is 0 Å². The van der Waals surface area contributed by atoms with E-state index in [0.717, 1.165) is 26.0 Å². The van der Waals surface area contributed by atoms with Gasteiger partial charge in [0.15, 0.2) is 0 Å². The lowest BCUT2D eigenvalue weighted by molar-refractivity contribution is -0.137. The highest BCUT2D eigenvalue weighted by atomic mass is 79.9. The van der Waals surface area contributed by atoms with Gasteiger partial charge in [-0.05, 0) is 55.8 Å². The van der Waals surface area contributed by atoms with E-state index < -0.39 is 34.3 Å². The summed E-state index contributed by atoms with van der Waals surface area (Å²) in [5.74, 6) is 0. The molecule has 1 heterocycles. The van der Waals surface area contributed by atoms with Crippen molar-refractivity contribution in [1.82, 2.24) is 5.01 Å². The molecule has 11 heteroatoms. The molecule has 3 aromatic carbocycles. The van der Waals surface area contributed by atoms with Gasteiger partial charge in [0, 0.05) is 10.0 Å². The first-order valence-electron chi connectivity index (χ1n) is 11.5. The van der Waals surface area contributed by atoms with Gasteiger partial charge in [-0.15, -0.1) is 0 Å². The van der Waals surface area contributed by atoms with Gasteiger partial charge in [-0.1, -0.05) is 63.9 Å². The highest BCUT2D eigenvalue weighted by Crippen LogP contribution is 2.39. The first kappa shape index (κ1) is 27.7. The van der Waals surface area contributed by atoms with Crippen molar-refractivity contribution in [2.75, 3.05) is 18.1 Å². The molecule has 6 nitrogen and oxygen atoms in total. The monoisotopic (exact) mass is 607 g/mol. The molecule has 4 rings (SSSR count). The highest BCUT2D eigenvalue weighted by Gasteiger charge is 2.45. The molecule has 1 aliphatic heterocycles. The molecule has 1 aliphatic rings. The zero-order valence-corrected chi connectivity index (χ0v) is 22.6. The lowest BCUT2D eigenvalue weighted by Gasteiger charge is -2.28. The number of carbonyl (C=O) groups excluding carboxylic acids is 2. The lowest BCUT2D eigenvalue weighted by Crippen LogP contribution is -2.46. The van der Waals surface area contributed by atoms with Crippen LogP contribution >= 0.6 is 27.5 Å². The van der Waals surface area contributed by atoms with Crippen LogP contribution in [0.3, 0.4) is 0 Å². The maximum atomic E-state index is 13.8. The van der Waals surface area contributed by atoms with E-state index in [1.807, 2.05) is 37.3 Å². The Morgan fingerprint density at radius 3 is 2.34 bits per heavy atom. The zero-order chi connectivity index (χ0) is 27.7. The molecular formula is C27H22BrClF3N3O3. The SMILES string of the molecule is CCOC(=O)N(C(=O)N1CC(C)(c2ccccc2)C(c2ccc(C(F)(F)F)c(Cl)c2)=N1)c1ccc(Br)cc1. The van der Waals surface area contributed by atoms with Crippen LogP contribution in [-0.4, -0.2) is 36.0 Å². The summed E-state index contributed by atoms with van der Waals surface area (Å²) in [4.78, 5) is 27.5. The summed E-state index contributed by atoms with van der Waals surface area (Å²) < 4.78 is 45.9. The van der Waals surface area contributed by atoms with Crippen molar-refractivity contribution in [3.8, 4) is 0 Å². The van der Waals surface area contributed by atoms with Crippen molar-refractivity contribution < 1.29 is 27.5 Å². The number of nitrogens with zero attached hydrogens (tertiary/aromatic N) is 3. The fraction of sp³-hybridized carbons (Fsp3) is 0.222. The largest absolute Gasteiger partial charge is 0.449 e. The van der Waals surface area contributed by atoms with Gasteiger partial charge < -0.3 is 4.74 Å². The number of alkyl halides is 3. The summed E-state index contributed by atoms with van der Waals surface area (Å²) in [5, 5.41) is 5.16. The minimum absolute atomic E-state index is 0.0102. The van der Waals surface area contributed by atoms with E-state index in [0.29, 0.717) is 11.3 Å². The van der Waals surface area contributed by atoms with Crippen LogP contribution < -0.4 is 4.90 Å². The van der Waals surface area contributed by atoms with E-state index >= 15 is 0 Å². The first-order valence-corrected chi connectivity index (χ1v) is 12.7. The Hall–Kier alpha value is -3.37. The number of urea groups is 1. The molecule has 0 fully saturated rings. The Morgan fingerprint density at radius 1 is 1.11 bits per heavy atom. The number of halogens is 5. The van der Waals surface area contributed by atoms with Gasteiger partial charge in [0.1, 0.15) is 0 Å². The van der Waals surface area contributed by atoms with Gasteiger partial charge in [0.25, 0.3) is 0 Å². The minimum atomic E-state index is -4.62. The molecule has 0 saturated heterocycles. The van der Waals surface area contributed by atoms with Crippen molar-refractivity contribution in [3.05, 3.63) is 99.0 Å². The summed E-state index contributed by atoms with van der Waals surface area (Å²) in [6, 6.07) is 18.2. The molecular weight excluding hydrogens is 587 g/mol. The summed E-state index contributed by atoms with van der Waals surface area (Å²) >= 11 is 9.35. The molecule has 0 saturated carbocycles. The average Bonchev–Trinajstić information content (AvgIpc) is 3.24. The molecule has 198 valence electrons. The summed E-state index contributed by atoms with van der Waals surface area (Å²) in [5.41, 5.74) is -0.224. The Kier molecular flexibility index (Phi) is 7.85. The number of hydrazone groups is 1. The van der Waals surface area contributed by atoms with E-state index in [-0.39, 0.29) is 18.8 Å². The van der Waals surface area contributed by atoms with Crippen molar-refractivity contribution >= 4 is 51.1 Å². The smallest absolute Gasteiger partial charge is 0.422 e. The number of carbonyl (C=O) groups is 2. The quantitative estimate of drug-likeness (QED) is 0.303. The van der Waals surface area contributed by atoms with Crippen LogP contribution in [0.25, 0.3) is 0 Å². The molecule has 0 spiro atoms. The Balaban J connectivity index is 1.81. The topological polar surface area (TPSA) is 62.2 Å². The second-order valence-corrected chi connectivity index (χ2v) is 10.0. The van der Waals surface area contributed by atoms with E-state index in [9.17, 15) is 22.8 Å². The molecule has 0 radical (unpaired) electrons. The lowest BCUT2D eigenvalue weighted by atomic mass is 9.76.